The molecule has 0 radical (unpaired) electrons. The van der Waals surface area contributed by atoms with Gasteiger partial charge in [0.1, 0.15) is 9.84 Å². The van der Waals surface area contributed by atoms with Crippen LogP contribution in [0.5, 0.6) is 0 Å². The lowest BCUT2D eigenvalue weighted by atomic mass is 10.1. The highest BCUT2D eigenvalue weighted by atomic mass is 32.2. The van der Waals surface area contributed by atoms with Crippen LogP contribution >= 0.6 is 0 Å². The van der Waals surface area contributed by atoms with Crippen molar-refractivity contribution < 1.29 is 8.42 Å². The van der Waals surface area contributed by atoms with Crippen LogP contribution < -0.4 is 5.73 Å². The number of rotatable bonds is 1. The fraction of sp³-hybridized carbons (Fsp3) is 0.462. The highest BCUT2D eigenvalue weighted by Gasteiger charge is 2.27. The lowest BCUT2D eigenvalue weighted by molar-refractivity contribution is 0.463. The van der Waals surface area contributed by atoms with E-state index in [2.05, 4.69) is 4.98 Å². The number of anilines is 1. The molecule has 1 fully saturated rings. The smallest absolute Gasteiger partial charge is 0.201 e. The van der Waals surface area contributed by atoms with Crippen molar-refractivity contribution in [1.82, 2.24) is 9.55 Å². The molecule has 2 N–H and O–H groups in total. The minimum atomic E-state index is -2.85. The Morgan fingerprint density at radius 1 is 1.32 bits per heavy atom. The summed E-state index contributed by atoms with van der Waals surface area (Å²) in [4.78, 5) is 4.38. The Balaban J connectivity index is 2.03. The van der Waals surface area contributed by atoms with E-state index in [-0.39, 0.29) is 17.5 Å². The maximum Gasteiger partial charge on any atom is 0.201 e. The summed E-state index contributed by atoms with van der Waals surface area (Å²) >= 11 is 0. The number of sulfone groups is 1. The third-order valence-corrected chi connectivity index (χ3v) is 5.48. The number of nitrogens with two attached hydrogens (primary N) is 1. The summed E-state index contributed by atoms with van der Waals surface area (Å²) in [6.45, 7) is 2.02. The Bertz CT molecular complexity index is 720. The van der Waals surface area contributed by atoms with Crippen LogP contribution in [0.3, 0.4) is 0 Å². The number of nitrogen functional groups attached to an aromatic ring is 1. The van der Waals surface area contributed by atoms with Crippen molar-refractivity contribution in [3.63, 3.8) is 0 Å². The highest BCUT2D eigenvalue weighted by molar-refractivity contribution is 7.91. The standard InChI is InChI=1S/C13H17N3O2S/c1-9-2-3-12-11(8-9)15-13(14)16(12)10-4-6-19(17,18)7-5-10/h2-3,8,10H,4-7H2,1H3,(H2,14,15). The van der Waals surface area contributed by atoms with Gasteiger partial charge in [-0.25, -0.2) is 13.4 Å². The third-order valence-electron chi connectivity index (χ3n) is 3.76. The van der Waals surface area contributed by atoms with E-state index >= 15 is 0 Å². The number of aromatic nitrogens is 2. The average molecular weight is 279 g/mol. The van der Waals surface area contributed by atoms with E-state index in [1.54, 1.807) is 0 Å². The van der Waals surface area contributed by atoms with E-state index in [1.165, 1.54) is 0 Å². The van der Waals surface area contributed by atoms with E-state index in [1.807, 2.05) is 29.7 Å². The zero-order chi connectivity index (χ0) is 13.6. The van der Waals surface area contributed by atoms with Crippen LogP contribution in [0.25, 0.3) is 11.0 Å². The van der Waals surface area contributed by atoms with Crippen molar-refractivity contribution in [3.05, 3.63) is 23.8 Å². The molecule has 1 saturated heterocycles. The fourth-order valence-electron chi connectivity index (χ4n) is 2.75. The summed E-state index contributed by atoms with van der Waals surface area (Å²) in [5.74, 6) is 0.954. The van der Waals surface area contributed by atoms with Crippen molar-refractivity contribution in [2.24, 2.45) is 0 Å². The van der Waals surface area contributed by atoms with E-state index in [4.69, 9.17) is 5.73 Å². The van der Waals surface area contributed by atoms with Crippen LogP contribution in [0.15, 0.2) is 18.2 Å². The SMILES string of the molecule is Cc1ccc2c(c1)nc(N)n2C1CCS(=O)(=O)CC1. The third kappa shape index (κ3) is 2.20. The zero-order valence-electron chi connectivity index (χ0n) is 10.8. The summed E-state index contributed by atoms with van der Waals surface area (Å²) < 4.78 is 25.0. The zero-order valence-corrected chi connectivity index (χ0v) is 11.7. The van der Waals surface area contributed by atoms with Crippen molar-refractivity contribution in [1.29, 1.82) is 0 Å². The molecule has 0 aliphatic carbocycles. The van der Waals surface area contributed by atoms with Crippen molar-refractivity contribution in [2.75, 3.05) is 17.2 Å². The molecule has 1 aliphatic rings. The lowest BCUT2D eigenvalue weighted by Crippen LogP contribution is -2.26. The minimum absolute atomic E-state index is 0.135. The molecule has 6 heteroatoms. The van der Waals surface area contributed by atoms with Gasteiger partial charge in [0, 0.05) is 6.04 Å². The number of nitrogens with zero attached hydrogens (tertiary/aromatic N) is 2. The number of imidazole rings is 1. The molecule has 2 aromatic rings. The molecule has 0 amide bonds. The Morgan fingerprint density at radius 3 is 2.68 bits per heavy atom. The molecule has 0 saturated carbocycles. The van der Waals surface area contributed by atoms with Crippen LogP contribution in [0, 0.1) is 6.92 Å². The fourth-order valence-corrected chi connectivity index (χ4v) is 4.21. The van der Waals surface area contributed by atoms with Gasteiger partial charge in [0.05, 0.1) is 22.5 Å². The minimum Gasteiger partial charge on any atom is -0.369 e. The largest absolute Gasteiger partial charge is 0.369 e. The Morgan fingerprint density at radius 2 is 2.00 bits per heavy atom. The Kier molecular flexibility index (Phi) is 2.78. The first-order chi connectivity index (χ1) is 8.96. The molecule has 1 aromatic heterocycles. The van der Waals surface area contributed by atoms with E-state index in [9.17, 15) is 8.42 Å². The monoisotopic (exact) mass is 279 g/mol. The first-order valence-corrected chi connectivity index (χ1v) is 8.23. The summed E-state index contributed by atoms with van der Waals surface area (Å²) in [6.07, 6.45) is 1.23. The van der Waals surface area contributed by atoms with Gasteiger partial charge in [-0.1, -0.05) is 6.07 Å². The van der Waals surface area contributed by atoms with Crippen LogP contribution in [0.2, 0.25) is 0 Å². The van der Waals surface area contributed by atoms with Gasteiger partial charge in [-0.15, -0.1) is 0 Å². The maximum atomic E-state index is 11.5. The molecule has 0 atom stereocenters. The van der Waals surface area contributed by atoms with Crippen LogP contribution in [-0.4, -0.2) is 29.5 Å². The van der Waals surface area contributed by atoms with Crippen molar-refractivity contribution in [3.8, 4) is 0 Å². The first-order valence-electron chi connectivity index (χ1n) is 6.41. The van der Waals surface area contributed by atoms with Gasteiger partial charge in [0.2, 0.25) is 5.95 Å². The number of hydrogen-bond donors (Lipinski definition) is 1. The van der Waals surface area contributed by atoms with Gasteiger partial charge in [-0.3, -0.25) is 0 Å². The molecule has 0 bridgehead atoms. The van der Waals surface area contributed by atoms with Crippen molar-refractivity contribution in [2.45, 2.75) is 25.8 Å². The summed E-state index contributed by atoms with van der Waals surface area (Å²) in [5.41, 5.74) is 9.02. The summed E-state index contributed by atoms with van der Waals surface area (Å²) in [7, 11) is -2.85. The lowest BCUT2D eigenvalue weighted by Gasteiger charge is -2.24. The van der Waals surface area contributed by atoms with Crippen LogP contribution in [0.1, 0.15) is 24.4 Å². The predicted molar refractivity (Wildman–Crippen MR) is 75.8 cm³/mol. The van der Waals surface area contributed by atoms with Crippen LogP contribution in [0.4, 0.5) is 5.95 Å². The van der Waals surface area contributed by atoms with Gasteiger partial charge < -0.3 is 10.3 Å². The molecule has 3 rings (SSSR count). The Hall–Kier alpha value is -1.56. The summed E-state index contributed by atoms with van der Waals surface area (Å²) in [5, 5.41) is 0. The molecular weight excluding hydrogens is 262 g/mol. The molecule has 0 spiro atoms. The van der Waals surface area contributed by atoms with E-state index in [0.29, 0.717) is 18.8 Å². The molecule has 2 heterocycles. The molecule has 102 valence electrons. The topological polar surface area (TPSA) is 78.0 Å². The van der Waals surface area contributed by atoms with Crippen LogP contribution in [-0.2, 0) is 9.84 Å². The molecule has 0 unspecified atom stereocenters. The van der Waals surface area contributed by atoms with Gasteiger partial charge in [-0.05, 0) is 37.5 Å². The van der Waals surface area contributed by atoms with E-state index in [0.717, 1.165) is 16.6 Å². The second-order valence-corrected chi connectivity index (χ2v) is 7.52. The normalized spacial score (nSPS) is 19.8. The highest BCUT2D eigenvalue weighted by Crippen LogP contribution is 2.30. The number of hydrogen-bond acceptors (Lipinski definition) is 4. The molecule has 5 nitrogen and oxygen atoms in total. The Labute approximate surface area is 112 Å². The predicted octanol–water partition coefficient (Wildman–Crippen LogP) is 1.68. The van der Waals surface area contributed by atoms with Gasteiger partial charge in [-0.2, -0.15) is 0 Å². The quantitative estimate of drug-likeness (QED) is 0.861. The number of fused-ring (bicyclic) bond motifs is 1. The molecule has 1 aromatic carbocycles. The first kappa shape index (κ1) is 12.5. The average Bonchev–Trinajstić information content (AvgIpc) is 2.65. The second kappa shape index (κ2) is 4.23. The molecular formula is C13H17N3O2S. The number of benzene rings is 1. The van der Waals surface area contributed by atoms with Gasteiger partial charge >= 0.3 is 0 Å². The van der Waals surface area contributed by atoms with Crippen molar-refractivity contribution >= 4 is 26.8 Å². The second-order valence-electron chi connectivity index (χ2n) is 5.22. The van der Waals surface area contributed by atoms with Gasteiger partial charge in [0.25, 0.3) is 0 Å². The summed E-state index contributed by atoms with van der Waals surface area (Å²) in [6, 6.07) is 6.18. The number of aryl methyl sites for hydroxylation is 1. The molecule has 1 aliphatic heterocycles. The molecule has 19 heavy (non-hydrogen) atoms. The van der Waals surface area contributed by atoms with Gasteiger partial charge in [0.15, 0.2) is 0 Å². The maximum absolute atomic E-state index is 11.5. The van der Waals surface area contributed by atoms with E-state index < -0.39 is 9.84 Å².